The molecule has 1 amide bonds. The summed E-state index contributed by atoms with van der Waals surface area (Å²) in [5.74, 6) is 0.487. The molecule has 0 aliphatic carbocycles. The van der Waals surface area contributed by atoms with Crippen LogP contribution in [0.5, 0.6) is 5.75 Å². The van der Waals surface area contributed by atoms with Crippen molar-refractivity contribution < 1.29 is 9.53 Å². The maximum atomic E-state index is 12.1. The smallest absolute Gasteiger partial charge is 0.258 e. The van der Waals surface area contributed by atoms with E-state index in [1.165, 1.54) is 18.4 Å². The number of benzene rings is 1. The monoisotopic (exact) mass is 364 g/mol. The summed E-state index contributed by atoms with van der Waals surface area (Å²) in [6, 6.07) is 9.45. The first-order valence-electron chi connectivity index (χ1n) is 8.13. The molecule has 1 N–H and O–H groups in total. The van der Waals surface area contributed by atoms with E-state index in [1.807, 2.05) is 0 Å². The summed E-state index contributed by atoms with van der Waals surface area (Å²) in [4.78, 5) is 14.5. The lowest BCUT2D eigenvalue weighted by molar-refractivity contribution is -0.123. The summed E-state index contributed by atoms with van der Waals surface area (Å²) in [6.45, 7) is 2.79. The number of carbonyl (C=O) groups is 1. The molecule has 2 heterocycles. The SMILES string of the molecule is O=C(COc1cccc(Cl)c1)NCC(c1ccsc1)N1CCCC1. The van der Waals surface area contributed by atoms with Crippen LogP contribution >= 0.6 is 22.9 Å². The van der Waals surface area contributed by atoms with Crippen molar-refractivity contribution in [2.24, 2.45) is 0 Å². The van der Waals surface area contributed by atoms with E-state index in [2.05, 4.69) is 27.0 Å². The quantitative estimate of drug-likeness (QED) is 0.813. The summed E-state index contributed by atoms with van der Waals surface area (Å²) >= 11 is 7.60. The van der Waals surface area contributed by atoms with Gasteiger partial charge in [-0.1, -0.05) is 17.7 Å². The molecule has 3 rings (SSSR count). The molecule has 1 aromatic carbocycles. The predicted octanol–water partition coefficient (Wildman–Crippen LogP) is 3.73. The molecule has 0 bridgehead atoms. The molecule has 1 atom stereocenters. The molecule has 24 heavy (non-hydrogen) atoms. The number of hydrogen-bond donors (Lipinski definition) is 1. The van der Waals surface area contributed by atoms with Gasteiger partial charge in [0.15, 0.2) is 6.61 Å². The molecule has 2 aromatic rings. The van der Waals surface area contributed by atoms with E-state index in [9.17, 15) is 4.79 Å². The van der Waals surface area contributed by atoms with Crippen LogP contribution in [0.2, 0.25) is 5.02 Å². The average molecular weight is 365 g/mol. The minimum Gasteiger partial charge on any atom is -0.484 e. The molecule has 1 aromatic heterocycles. The molecule has 1 fully saturated rings. The first-order chi connectivity index (χ1) is 11.7. The van der Waals surface area contributed by atoms with Gasteiger partial charge in [-0.25, -0.2) is 0 Å². The lowest BCUT2D eigenvalue weighted by Gasteiger charge is -2.27. The van der Waals surface area contributed by atoms with Gasteiger partial charge in [-0.2, -0.15) is 11.3 Å². The van der Waals surface area contributed by atoms with Crippen molar-refractivity contribution in [3.05, 3.63) is 51.7 Å². The maximum Gasteiger partial charge on any atom is 0.258 e. The maximum absolute atomic E-state index is 12.1. The number of carbonyl (C=O) groups excluding carboxylic acids is 1. The van der Waals surface area contributed by atoms with Gasteiger partial charge in [0.1, 0.15) is 5.75 Å². The van der Waals surface area contributed by atoms with E-state index >= 15 is 0 Å². The highest BCUT2D eigenvalue weighted by Gasteiger charge is 2.24. The van der Waals surface area contributed by atoms with E-state index in [1.54, 1.807) is 35.6 Å². The lowest BCUT2D eigenvalue weighted by Crippen LogP contribution is -2.38. The van der Waals surface area contributed by atoms with Gasteiger partial charge in [0.25, 0.3) is 5.91 Å². The summed E-state index contributed by atoms with van der Waals surface area (Å²) in [5, 5.41) is 7.85. The van der Waals surface area contributed by atoms with Crippen LogP contribution in [0.1, 0.15) is 24.4 Å². The molecule has 0 radical (unpaired) electrons. The van der Waals surface area contributed by atoms with Gasteiger partial charge in [-0.3, -0.25) is 9.69 Å². The Hall–Kier alpha value is -1.56. The summed E-state index contributed by atoms with van der Waals surface area (Å²) < 4.78 is 5.49. The van der Waals surface area contributed by atoms with Crippen molar-refractivity contribution in [3.8, 4) is 5.75 Å². The lowest BCUT2D eigenvalue weighted by atomic mass is 10.1. The van der Waals surface area contributed by atoms with Crippen LogP contribution in [0, 0.1) is 0 Å². The molecule has 1 aliphatic heterocycles. The largest absolute Gasteiger partial charge is 0.484 e. The van der Waals surface area contributed by atoms with Gasteiger partial charge in [0, 0.05) is 11.6 Å². The van der Waals surface area contributed by atoms with Crippen molar-refractivity contribution in [1.82, 2.24) is 10.2 Å². The Kier molecular flexibility index (Phi) is 6.12. The third-order valence-corrected chi connectivity index (χ3v) is 5.10. The molecule has 1 saturated heterocycles. The van der Waals surface area contributed by atoms with Crippen molar-refractivity contribution in [2.75, 3.05) is 26.2 Å². The predicted molar refractivity (Wildman–Crippen MR) is 97.8 cm³/mol. The molecule has 1 unspecified atom stereocenters. The molecule has 0 saturated carbocycles. The van der Waals surface area contributed by atoms with Gasteiger partial charge >= 0.3 is 0 Å². The number of rotatable bonds is 7. The number of halogens is 1. The van der Waals surface area contributed by atoms with E-state index < -0.39 is 0 Å². The van der Waals surface area contributed by atoms with Crippen molar-refractivity contribution >= 4 is 28.8 Å². The Balaban J connectivity index is 1.51. The highest BCUT2D eigenvalue weighted by Crippen LogP contribution is 2.26. The zero-order valence-electron chi connectivity index (χ0n) is 13.4. The van der Waals surface area contributed by atoms with Crippen LogP contribution in [-0.4, -0.2) is 37.0 Å². The van der Waals surface area contributed by atoms with E-state index in [0.717, 1.165) is 13.1 Å². The highest BCUT2D eigenvalue weighted by atomic mass is 35.5. The van der Waals surface area contributed by atoms with Crippen LogP contribution < -0.4 is 10.1 Å². The van der Waals surface area contributed by atoms with E-state index in [-0.39, 0.29) is 18.6 Å². The second-order valence-electron chi connectivity index (χ2n) is 5.87. The Morgan fingerprint density at radius 3 is 2.88 bits per heavy atom. The first-order valence-corrected chi connectivity index (χ1v) is 9.45. The van der Waals surface area contributed by atoms with Crippen molar-refractivity contribution in [3.63, 3.8) is 0 Å². The standard InChI is InChI=1S/C18H21ClN2O2S/c19-15-4-3-5-16(10-15)23-12-18(22)20-11-17(14-6-9-24-13-14)21-7-1-2-8-21/h3-6,9-10,13,17H,1-2,7-8,11-12H2,(H,20,22). The minimum absolute atomic E-state index is 0.00327. The zero-order chi connectivity index (χ0) is 16.8. The average Bonchev–Trinajstić information content (AvgIpc) is 3.27. The van der Waals surface area contributed by atoms with Crippen LogP contribution in [0.4, 0.5) is 0 Å². The minimum atomic E-state index is -0.116. The van der Waals surface area contributed by atoms with E-state index in [0.29, 0.717) is 17.3 Å². The summed E-state index contributed by atoms with van der Waals surface area (Å²) in [7, 11) is 0. The fraction of sp³-hybridized carbons (Fsp3) is 0.389. The Morgan fingerprint density at radius 1 is 1.33 bits per heavy atom. The molecular weight excluding hydrogens is 344 g/mol. The van der Waals surface area contributed by atoms with Crippen LogP contribution in [0.3, 0.4) is 0 Å². The first kappa shape index (κ1) is 17.3. The van der Waals surface area contributed by atoms with Crippen molar-refractivity contribution in [1.29, 1.82) is 0 Å². The number of nitrogens with zero attached hydrogens (tertiary/aromatic N) is 1. The normalized spacial score (nSPS) is 16.0. The Bertz CT molecular complexity index is 657. The third kappa shape index (κ3) is 4.72. The fourth-order valence-electron chi connectivity index (χ4n) is 2.94. The van der Waals surface area contributed by atoms with Crippen LogP contribution in [-0.2, 0) is 4.79 Å². The number of ether oxygens (including phenoxy) is 1. The van der Waals surface area contributed by atoms with Gasteiger partial charge in [0.2, 0.25) is 0 Å². The fourth-order valence-corrected chi connectivity index (χ4v) is 3.83. The van der Waals surface area contributed by atoms with Gasteiger partial charge in [0.05, 0.1) is 6.04 Å². The third-order valence-electron chi connectivity index (χ3n) is 4.17. The van der Waals surface area contributed by atoms with E-state index in [4.69, 9.17) is 16.3 Å². The Labute approximate surface area is 151 Å². The number of amides is 1. The number of thiophene rings is 1. The molecule has 128 valence electrons. The van der Waals surface area contributed by atoms with Gasteiger partial charge < -0.3 is 10.1 Å². The summed E-state index contributed by atoms with van der Waals surface area (Å²) in [5.41, 5.74) is 1.28. The van der Waals surface area contributed by atoms with Gasteiger partial charge in [-0.05, 0) is 66.5 Å². The van der Waals surface area contributed by atoms with Gasteiger partial charge in [-0.15, -0.1) is 0 Å². The second kappa shape index (κ2) is 8.51. The highest BCUT2D eigenvalue weighted by molar-refractivity contribution is 7.07. The number of hydrogen-bond acceptors (Lipinski definition) is 4. The molecule has 0 spiro atoms. The number of likely N-dealkylation sites (tertiary alicyclic amines) is 1. The zero-order valence-corrected chi connectivity index (χ0v) is 15.0. The second-order valence-corrected chi connectivity index (χ2v) is 7.08. The number of nitrogens with one attached hydrogen (secondary N) is 1. The molecular formula is C18H21ClN2O2S. The van der Waals surface area contributed by atoms with Crippen molar-refractivity contribution in [2.45, 2.75) is 18.9 Å². The topological polar surface area (TPSA) is 41.6 Å². The molecule has 1 aliphatic rings. The van der Waals surface area contributed by atoms with Crippen LogP contribution in [0.25, 0.3) is 0 Å². The molecule has 4 nitrogen and oxygen atoms in total. The molecule has 6 heteroatoms. The Morgan fingerprint density at radius 2 is 2.17 bits per heavy atom. The van der Waals surface area contributed by atoms with Crippen LogP contribution in [0.15, 0.2) is 41.1 Å². The summed E-state index contributed by atoms with van der Waals surface area (Å²) in [6.07, 6.45) is 2.46.